The number of hydrogen-bond donors (Lipinski definition) is 1. The van der Waals surface area contributed by atoms with Crippen molar-refractivity contribution >= 4 is 28.3 Å². The van der Waals surface area contributed by atoms with Gasteiger partial charge in [-0.2, -0.15) is 0 Å². The average molecular weight is 444 g/mol. The van der Waals surface area contributed by atoms with E-state index in [4.69, 9.17) is 20.8 Å². The van der Waals surface area contributed by atoms with Crippen molar-refractivity contribution in [2.45, 2.75) is 6.54 Å². The van der Waals surface area contributed by atoms with E-state index in [1.54, 1.807) is 7.11 Å². The Balaban J connectivity index is 1.47. The van der Waals surface area contributed by atoms with Crippen LogP contribution in [0.25, 0.3) is 34.1 Å². The molecule has 32 heavy (non-hydrogen) atoms. The molecule has 158 valence electrons. The van der Waals surface area contributed by atoms with Crippen LogP contribution in [0.4, 0.5) is 5.82 Å². The summed E-state index contributed by atoms with van der Waals surface area (Å²) in [5.41, 5.74) is 2.64. The third-order valence-electron chi connectivity index (χ3n) is 4.93. The summed E-state index contributed by atoms with van der Waals surface area (Å²) >= 11 is 5.99. The van der Waals surface area contributed by atoms with Crippen LogP contribution in [-0.2, 0) is 6.54 Å². The Morgan fingerprint density at radius 3 is 2.41 bits per heavy atom. The number of para-hydroxylation sites is 1. The number of rotatable bonds is 6. The van der Waals surface area contributed by atoms with Crippen molar-refractivity contribution in [2.75, 3.05) is 12.4 Å². The number of benzene rings is 3. The second kappa shape index (κ2) is 8.64. The van der Waals surface area contributed by atoms with Gasteiger partial charge in [-0.05, 0) is 54.1 Å². The molecule has 5 aromatic rings. The van der Waals surface area contributed by atoms with Crippen molar-refractivity contribution in [1.82, 2.24) is 20.2 Å². The van der Waals surface area contributed by atoms with Crippen molar-refractivity contribution in [3.8, 4) is 28.9 Å². The Labute approximate surface area is 189 Å². The van der Waals surface area contributed by atoms with Gasteiger partial charge in [0.15, 0.2) is 0 Å². The highest BCUT2D eigenvalue weighted by atomic mass is 35.5. The molecular weight excluding hydrogens is 426 g/mol. The zero-order valence-electron chi connectivity index (χ0n) is 17.1. The van der Waals surface area contributed by atoms with E-state index >= 15 is 0 Å². The summed E-state index contributed by atoms with van der Waals surface area (Å²) in [6.07, 6.45) is 0. The first kappa shape index (κ1) is 20.0. The first-order valence-corrected chi connectivity index (χ1v) is 10.3. The molecule has 0 bridgehead atoms. The number of anilines is 1. The van der Waals surface area contributed by atoms with Gasteiger partial charge < -0.3 is 14.5 Å². The van der Waals surface area contributed by atoms with Gasteiger partial charge in [-0.3, -0.25) is 0 Å². The van der Waals surface area contributed by atoms with Gasteiger partial charge in [-0.1, -0.05) is 35.9 Å². The van der Waals surface area contributed by atoms with Gasteiger partial charge in [-0.15, -0.1) is 10.2 Å². The molecule has 0 atom stereocenters. The number of halogens is 1. The molecule has 0 spiro atoms. The molecule has 0 saturated heterocycles. The molecule has 0 aliphatic rings. The molecule has 0 fully saturated rings. The summed E-state index contributed by atoms with van der Waals surface area (Å²) in [6.45, 7) is 0.582. The lowest BCUT2D eigenvalue weighted by atomic mass is 10.2. The molecule has 2 aromatic heterocycles. The van der Waals surface area contributed by atoms with Crippen LogP contribution in [0.3, 0.4) is 0 Å². The molecule has 0 amide bonds. The van der Waals surface area contributed by atoms with Crippen LogP contribution in [0.2, 0.25) is 5.02 Å². The van der Waals surface area contributed by atoms with Gasteiger partial charge in [0.05, 0.1) is 12.6 Å². The van der Waals surface area contributed by atoms with Crippen molar-refractivity contribution in [2.24, 2.45) is 0 Å². The van der Waals surface area contributed by atoms with E-state index in [1.165, 1.54) is 0 Å². The Morgan fingerprint density at radius 1 is 0.875 bits per heavy atom. The summed E-state index contributed by atoms with van der Waals surface area (Å²) < 4.78 is 11.1. The highest BCUT2D eigenvalue weighted by Gasteiger charge is 2.16. The monoisotopic (exact) mass is 443 g/mol. The van der Waals surface area contributed by atoms with Crippen LogP contribution in [0.15, 0.2) is 77.2 Å². The van der Waals surface area contributed by atoms with Gasteiger partial charge in [0.2, 0.25) is 11.7 Å². The van der Waals surface area contributed by atoms with Crippen LogP contribution in [-0.4, -0.2) is 27.3 Å². The van der Waals surface area contributed by atoms with Crippen LogP contribution < -0.4 is 10.1 Å². The van der Waals surface area contributed by atoms with Crippen molar-refractivity contribution < 1.29 is 9.15 Å². The summed E-state index contributed by atoms with van der Waals surface area (Å²) in [6, 6.07) is 22.8. The third kappa shape index (κ3) is 4.10. The molecule has 1 N–H and O–H groups in total. The second-order valence-electron chi connectivity index (χ2n) is 7.03. The number of fused-ring (bicyclic) bond motifs is 1. The summed E-state index contributed by atoms with van der Waals surface area (Å²) in [5, 5.41) is 13.3. The molecule has 7 nitrogen and oxygen atoms in total. The number of nitrogens with zero attached hydrogens (tertiary/aromatic N) is 4. The molecule has 0 aliphatic heterocycles. The predicted molar refractivity (Wildman–Crippen MR) is 124 cm³/mol. The van der Waals surface area contributed by atoms with E-state index in [0.29, 0.717) is 29.1 Å². The largest absolute Gasteiger partial charge is 0.497 e. The maximum Gasteiger partial charge on any atom is 0.286 e. The maximum atomic E-state index is 5.99. The van der Waals surface area contributed by atoms with E-state index < -0.39 is 0 Å². The number of hydrogen-bond acceptors (Lipinski definition) is 7. The molecule has 0 unspecified atom stereocenters. The fourth-order valence-corrected chi connectivity index (χ4v) is 3.38. The van der Waals surface area contributed by atoms with E-state index in [9.17, 15) is 0 Å². The summed E-state index contributed by atoms with van der Waals surface area (Å²) in [5.74, 6) is 2.42. The first-order chi connectivity index (χ1) is 15.7. The highest BCUT2D eigenvalue weighted by molar-refractivity contribution is 6.30. The predicted octanol–water partition coefficient (Wildman–Crippen LogP) is 5.62. The van der Waals surface area contributed by atoms with Gasteiger partial charge >= 0.3 is 0 Å². The first-order valence-electron chi connectivity index (χ1n) is 9.93. The van der Waals surface area contributed by atoms with E-state index in [-0.39, 0.29) is 5.89 Å². The molecule has 2 heterocycles. The van der Waals surface area contributed by atoms with Gasteiger partial charge in [-0.25, -0.2) is 9.97 Å². The smallest absolute Gasteiger partial charge is 0.286 e. The van der Waals surface area contributed by atoms with Crippen LogP contribution in [0.1, 0.15) is 5.56 Å². The number of aromatic nitrogens is 4. The average Bonchev–Trinajstić information content (AvgIpc) is 3.34. The Hall–Kier alpha value is -3.97. The Bertz CT molecular complexity index is 1370. The van der Waals surface area contributed by atoms with Crippen LogP contribution in [0.5, 0.6) is 5.75 Å². The van der Waals surface area contributed by atoms with Crippen molar-refractivity contribution in [3.63, 3.8) is 0 Å². The van der Waals surface area contributed by atoms with E-state index in [2.05, 4.69) is 25.5 Å². The summed E-state index contributed by atoms with van der Waals surface area (Å²) in [7, 11) is 1.62. The number of ether oxygens (including phenoxy) is 1. The third-order valence-corrected chi connectivity index (χ3v) is 5.18. The quantitative estimate of drug-likeness (QED) is 0.364. The van der Waals surface area contributed by atoms with E-state index in [0.717, 1.165) is 27.8 Å². The summed E-state index contributed by atoms with van der Waals surface area (Å²) in [4.78, 5) is 9.30. The molecule has 5 rings (SSSR count). The normalized spacial score (nSPS) is 10.9. The van der Waals surface area contributed by atoms with Gasteiger partial charge in [0.25, 0.3) is 5.89 Å². The zero-order valence-corrected chi connectivity index (χ0v) is 17.9. The lowest BCUT2D eigenvalue weighted by molar-refractivity contribution is 0.415. The lowest BCUT2D eigenvalue weighted by Crippen LogP contribution is -2.04. The van der Waals surface area contributed by atoms with Gasteiger partial charge in [0.1, 0.15) is 11.6 Å². The van der Waals surface area contributed by atoms with Crippen LogP contribution >= 0.6 is 11.6 Å². The van der Waals surface area contributed by atoms with E-state index in [1.807, 2.05) is 72.8 Å². The minimum atomic E-state index is 0.246. The molecule has 0 radical (unpaired) electrons. The standard InChI is InChI=1S/C24H18ClN5O2/c1-31-18-12-8-16(9-13-18)23-29-30-24(32-23)22-27-20-5-3-2-4-19(20)21(28-22)26-14-15-6-10-17(25)11-7-15/h2-13H,14H2,1H3,(H,26,27,28). The maximum absolute atomic E-state index is 5.99. The van der Waals surface area contributed by atoms with Gasteiger partial charge in [0, 0.05) is 22.5 Å². The van der Waals surface area contributed by atoms with Crippen molar-refractivity contribution in [3.05, 3.63) is 83.4 Å². The Morgan fingerprint density at radius 2 is 1.62 bits per heavy atom. The number of nitrogens with one attached hydrogen (secondary N) is 1. The van der Waals surface area contributed by atoms with Crippen molar-refractivity contribution in [1.29, 1.82) is 0 Å². The molecule has 8 heteroatoms. The minimum Gasteiger partial charge on any atom is -0.497 e. The lowest BCUT2D eigenvalue weighted by Gasteiger charge is -2.10. The highest BCUT2D eigenvalue weighted by Crippen LogP contribution is 2.27. The molecule has 0 aliphatic carbocycles. The van der Waals surface area contributed by atoms with Crippen LogP contribution in [0, 0.1) is 0 Å². The number of methoxy groups -OCH3 is 1. The topological polar surface area (TPSA) is 86.0 Å². The Kier molecular flexibility index (Phi) is 5.39. The SMILES string of the molecule is COc1ccc(-c2nnc(-c3nc(NCc4ccc(Cl)cc4)c4ccccc4n3)o2)cc1. The molecule has 3 aromatic carbocycles. The minimum absolute atomic E-state index is 0.246. The molecular formula is C24H18ClN5O2. The molecule has 0 saturated carbocycles. The second-order valence-corrected chi connectivity index (χ2v) is 7.47. The fraction of sp³-hybridized carbons (Fsp3) is 0.0833. The zero-order chi connectivity index (χ0) is 21.9. The fourth-order valence-electron chi connectivity index (χ4n) is 3.26.